The minimum Gasteiger partial charge on any atom is -0.459 e. The van der Waals surface area contributed by atoms with Crippen LogP contribution in [0.25, 0.3) is 82.7 Å². The lowest BCUT2D eigenvalue weighted by molar-refractivity contribution is 0.504. The third-order valence-corrected chi connectivity index (χ3v) is 11.9. The van der Waals surface area contributed by atoms with E-state index < -0.39 is 0 Å². The normalized spacial score (nSPS) is 13.7. The van der Waals surface area contributed by atoms with E-state index in [9.17, 15) is 0 Å². The van der Waals surface area contributed by atoms with E-state index in [1.807, 2.05) is 0 Å². The minimum atomic E-state index is 0.373. The molecule has 11 rings (SSSR count). The summed E-state index contributed by atoms with van der Waals surface area (Å²) in [6.07, 6.45) is 5.51. The smallest absolute Gasteiger partial charge is 0.142 e. The SMILES string of the molecule is CC1CC=Cc2c1oc1c(-c3ccc(N(c4ccc(-c5ccc(-c6ccccc6)cc5)cc4)c4ccc5c6ccccc6c6ccccc6c5c4)cc3)cccc21. The summed E-state index contributed by atoms with van der Waals surface area (Å²) < 4.78 is 6.63. The first kappa shape index (κ1) is 33.2. The second-order valence-electron chi connectivity index (χ2n) is 15.3. The number of nitrogens with zero attached hydrogens (tertiary/aromatic N) is 1. The molecule has 1 aliphatic rings. The number of rotatable bonds is 6. The Morgan fingerprint density at radius 3 is 1.51 bits per heavy atom. The molecule has 0 saturated carbocycles. The van der Waals surface area contributed by atoms with Gasteiger partial charge in [-0.2, -0.15) is 0 Å². The highest BCUT2D eigenvalue weighted by atomic mass is 16.3. The van der Waals surface area contributed by atoms with Crippen molar-refractivity contribution in [2.75, 3.05) is 4.90 Å². The lowest BCUT2D eigenvalue weighted by Crippen LogP contribution is -2.10. The van der Waals surface area contributed by atoms with Gasteiger partial charge in [-0.3, -0.25) is 0 Å². The molecule has 10 aromatic rings. The van der Waals surface area contributed by atoms with E-state index in [1.54, 1.807) is 0 Å². The van der Waals surface area contributed by atoms with Crippen LogP contribution in [0, 0.1) is 0 Å². The van der Waals surface area contributed by atoms with Gasteiger partial charge in [-0.05, 0) is 103 Å². The standard InChI is InChI=1S/C55H39NO/c1-36-11-9-19-51-52-20-10-18-45(55(52)57-54(36)51)41-27-31-43(32-28-41)56(42-29-25-40(26-30-42)39-23-21-38(22-24-39)37-12-3-2-4-13-37)44-33-34-50-48-16-6-5-14-46(48)47-15-7-8-17-49(47)53(50)35-44/h2-10,12-36H,11H2,1H3. The van der Waals surface area contributed by atoms with Crippen LogP contribution in [-0.4, -0.2) is 0 Å². The Labute approximate surface area is 332 Å². The zero-order valence-corrected chi connectivity index (χ0v) is 31.7. The van der Waals surface area contributed by atoms with E-state index in [0.29, 0.717) is 5.92 Å². The summed E-state index contributed by atoms with van der Waals surface area (Å²) in [4.78, 5) is 2.38. The van der Waals surface area contributed by atoms with Crippen LogP contribution < -0.4 is 4.90 Å². The molecule has 0 N–H and O–H groups in total. The molecule has 0 aliphatic heterocycles. The first-order chi connectivity index (χ1) is 28.2. The fourth-order valence-corrected chi connectivity index (χ4v) is 8.98. The van der Waals surface area contributed by atoms with Crippen molar-refractivity contribution in [1.29, 1.82) is 0 Å². The van der Waals surface area contributed by atoms with Gasteiger partial charge in [-0.15, -0.1) is 0 Å². The molecule has 270 valence electrons. The van der Waals surface area contributed by atoms with Crippen molar-refractivity contribution in [3.05, 3.63) is 205 Å². The number of hydrogen-bond donors (Lipinski definition) is 0. The van der Waals surface area contributed by atoms with Gasteiger partial charge < -0.3 is 9.32 Å². The third kappa shape index (κ3) is 5.64. The molecule has 1 aromatic heterocycles. The third-order valence-electron chi connectivity index (χ3n) is 11.9. The minimum absolute atomic E-state index is 0.373. The number of fused-ring (bicyclic) bond motifs is 9. The molecule has 1 unspecified atom stereocenters. The highest BCUT2D eigenvalue weighted by molar-refractivity contribution is 6.25. The summed E-state index contributed by atoms with van der Waals surface area (Å²) in [7, 11) is 0. The Kier molecular flexibility index (Phi) is 7.89. The predicted molar refractivity (Wildman–Crippen MR) is 242 cm³/mol. The Morgan fingerprint density at radius 2 is 0.895 bits per heavy atom. The van der Waals surface area contributed by atoms with Crippen molar-refractivity contribution < 1.29 is 4.42 Å². The monoisotopic (exact) mass is 729 g/mol. The zero-order valence-electron chi connectivity index (χ0n) is 31.7. The van der Waals surface area contributed by atoms with Gasteiger partial charge in [0.05, 0.1) is 0 Å². The van der Waals surface area contributed by atoms with E-state index >= 15 is 0 Å². The summed E-state index contributed by atoms with van der Waals surface area (Å²) in [6.45, 7) is 2.25. The molecule has 0 radical (unpaired) electrons. The second-order valence-corrected chi connectivity index (χ2v) is 15.3. The second kappa shape index (κ2) is 13.5. The summed E-state index contributed by atoms with van der Waals surface area (Å²) in [5.74, 6) is 1.47. The van der Waals surface area contributed by atoms with Crippen LogP contribution >= 0.6 is 0 Å². The van der Waals surface area contributed by atoms with Crippen LogP contribution in [0.4, 0.5) is 17.1 Å². The lowest BCUT2D eigenvalue weighted by Gasteiger charge is -2.26. The van der Waals surface area contributed by atoms with Crippen molar-refractivity contribution >= 4 is 66.4 Å². The molecular weight excluding hydrogens is 691 g/mol. The van der Waals surface area contributed by atoms with Crippen LogP contribution in [0.1, 0.15) is 30.6 Å². The van der Waals surface area contributed by atoms with E-state index in [2.05, 4.69) is 212 Å². The highest BCUT2D eigenvalue weighted by Gasteiger charge is 2.22. The van der Waals surface area contributed by atoms with E-state index in [0.717, 1.165) is 46.0 Å². The molecule has 0 saturated heterocycles. The molecule has 1 atom stereocenters. The van der Waals surface area contributed by atoms with Crippen molar-refractivity contribution in [2.24, 2.45) is 0 Å². The highest BCUT2D eigenvalue weighted by Crippen LogP contribution is 2.44. The van der Waals surface area contributed by atoms with Crippen molar-refractivity contribution in [3.8, 4) is 33.4 Å². The van der Waals surface area contributed by atoms with E-state index in [-0.39, 0.29) is 0 Å². The average Bonchev–Trinajstić information content (AvgIpc) is 3.68. The Balaban J connectivity index is 1.03. The number of allylic oxidation sites excluding steroid dienone is 1. The number of anilines is 3. The van der Waals surface area contributed by atoms with E-state index in [1.165, 1.54) is 65.5 Å². The molecule has 9 aromatic carbocycles. The van der Waals surface area contributed by atoms with Gasteiger partial charge in [0, 0.05) is 39.5 Å². The molecule has 0 spiro atoms. The van der Waals surface area contributed by atoms with Crippen LogP contribution in [-0.2, 0) is 0 Å². The lowest BCUT2D eigenvalue weighted by atomic mass is 9.93. The van der Waals surface area contributed by atoms with Gasteiger partial charge in [0.1, 0.15) is 11.3 Å². The fourth-order valence-electron chi connectivity index (χ4n) is 8.98. The molecular formula is C55H39NO. The first-order valence-electron chi connectivity index (χ1n) is 19.9. The fraction of sp³-hybridized carbons (Fsp3) is 0.0545. The zero-order chi connectivity index (χ0) is 37.9. The van der Waals surface area contributed by atoms with Gasteiger partial charge in [0.2, 0.25) is 0 Å². The van der Waals surface area contributed by atoms with Gasteiger partial charge in [0.15, 0.2) is 0 Å². The first-order valence-corrected chi connectivity index (χ1v) is 19.9. The van der Waals surface area contributed by atoms with Crippen molar-refractivity contribution in [1.82, 2.24) is 0 Å². The van der Waals surface area contributed by atoms with E-state index in [4.69, 9.17) is 4.42 Å². The maximum Gasteiger partial charge on any atom is 0.142 e. The quantitative estimate of drug-likeness (QED) is 0.158. The number of benzene rings is 9. The summed E-state index contributed by atoms with van der Waals surface area (Å²) >= 11 is 0. The Bertz CT molecular complexity index is 3100. The maximum atomic E-state index is 6.63. The van der Waals surface area contributed by atoms with Gasteiger partial charge in [-0.25, -0.2) is 0 Å². The van der Waals surface area contributed by atoms with Crippen LogP contribution in [0.15, 0.2) is 199 Å². The van der Waals surface area contributed by atoms with Crippen molar-refractivity contribution in [2.45, 2.75) is 19.3 Å². The molecule has 1 heterocycles. The number of hydrogen-bond acceptors (Lipinski definition) is 2. The van der Waals surface area contributed by atoms with Crippen LogP contribution in [0.5, 0.6) is 0 Å². The number of furan rings is 1. The van der Waals surface area contributed by atoms with Crippen LogP contribution in [0.2, 0.25) is 0 Å². The molecule has 0 bridgehead atoms. The molecule has 0 amide bonds. The topological polar surface area (TPSA) is 16.4 Å². The summed E-state index contributed by atoms with van der Waals surface area (Å²) in [5, 5.41) is 8.78. The summed E-state index contributed by atoms with van der Waals surface area (Å²) in [5.41, 5.74) is 12.6. The van der Waals surface area contributed by atoms with Gasteiger partial charge in [0.25, 0.3) is 0 Å². The van der Waals surface area contributed by atoms with Crippen molar-refractivity contribution in [3.63, 3.8) is 0 Å². The Hall–Kier alpha value is -7.16. The average molecular weight is 730 g/mol. The maximum absolute atomic E-state index is 6.63. The molecule has 2 nitrogen and oxygen atoms in total. The Morgan fingerprint density at radius 1 is 0.421 bits per heavy atom. The molecule has 0 fully saturated rings. The van der Waals surface area contributed by atoms with Crippen LogP contribution in [0.3, 0.4) is 0 Å². The number of para-hydroxylation sites is 1. The predicted octanol–water partition coefficient (Wildman–Crippen LogP) is 15.9. The van der Waals surface area contributed by atoms with Gasteiger partial charge >= 0.3 is 0 Å². The van der Waals surface area contributed by atoms with Gasteiger partial charge in [-0.1, -0.05) is 171 Å². The molecule has 57 heavy (non-hydrogen) atoms. The molecule has 2 heteroatoms. The summed E-state index contributed by atoms with van der Waals surface area (Å²) in [6, 6.07) is 68.4. The largest absolute Gasteiger partial charge is 0.459 e. The molecule has 1 aliphatic carbocycles.